The molecule has 0 aromatic heterocycles. The average Bonchev–Trinajstić information content (AvgIpc) is 2.55. The van der Waals surface area contributed by atoms with Crippen LogP contribution in [0.15, 0.2) is 24.3 Å². The first-order chi connectivity index (χ1) is 10.8. The number of benzene rings is 1. The van der Waals surface area contributed by atoms with E-state index < -0.39 is 0 Å². The Bertz CT molecular complexity index is 489. The van der Waals surface area contributed by atoms with Gasteiger partial charge in [0.15, 0.2) is 0 Å². The molecule has 2 atom stereocenters. The number of rotatable bonds is 5. The van der Waals surface area contributed by atoms with Crippen molar-refractivity contribution in [1.29, 1.82) is 0 Å². The zero-order chi connectivity index (χ0) is 15.4. The summed E-state index contributed by atoms with van der Waals surface area (Å²) in [5, 5.41) is 0. The number of para-hydroxylation sites is 1. The summed E-state index contributed by atoms with van der Waals surface area (Å²) in [5.74, 6) is 0.977. The van der Waals surface area contributed by atoms with Crippen LogP contribution < -0.4 is 4.74 Å². The molecule has 0 spiro atoms. The van der Waals surface area contributed by atoms with E-state index in [0.29, 0.717) is 6.10 Å². The summed E-state index contributed by atoms with van der Waals surface area (Å²) in [6.45, 7) is 4.75. The number of likely N-dealkylation sites (tertiary alicyclic amines) is 1. The van der Waals surface area contributed by atoms with Crippen LogP contribution in [0, 0.1) is 5.41 Å². The van der Waals surface area contributed by atoms with E-state index in [4.69, 9.17) is 14.2 Å². The largest absolute Gasteiger partial charge is 0.496 e. The van der Waals surface area contributed by atoms with Crippen molar-refractivity contribution < 1.29 is 14.2 Å². The lowest BCUT2D eigenvalue weighted by Gasteiger charge is -2.50. The van der Waals surface area contributed by atoms with Crippen molar-refractivity contribution in [3.05, 3.63) is 29.8 Å². The predicted octanol–water partition coefficient (Wildman–Crippen LogP) is 2.71. The van der Waals surface area contributed by atoms with Crippen molar-refractivity contribution in [2.45, 2.75) is 31.9 Å². The van der Waals surface area contributed by atoms with Gasteiger partial charge in [0.05, 0.1) is 19.8 Å². The van der Waals surface area contributed by atoms with Gasteiger partial charge >= 0.3 is 0 Å². The average molecular weight is 305 g/mol. The van der Waals surface area contributed by atoms with Gasteiger partial charge in [-0.25, -0.2) is 0 Å². The van der Waals surface area contributed by atoms with Crippen molar-refractivity contribution >= 4 is 0 Å². The third-order valence-electron chi connectivity index (χ3n) is 5.09. The molecular weight excluding hydrogens is 278 g/mol. The molecule has 0 unspecified atom stereocenters. The van der Waals surface area contributed by atoms with Gasteiger partial charge in [0.2, 0.25) is 0 Å². The molecule has 0 N–H and O–H groups in total. The molecule has 4 heteroatoms. The van der Waals surface area contributed by atoms with Crippen LogP contribution in [-0.2, 0) is 16.0 Å². The quantitative estimate of drug-likeness (QED) is 0.837. The fourth-order valence-electron chi connectivity index (χ4n) is 4.09. The highest BCUT2D eigenvalue weighted by molar-refractivity contribution is 5.33. The van der Waals surface area contributed by atoms with Crippen molar-refractivity contribution in [1.82, 2.24) is 4.90 Å². The first-order valence-electron chi connectivity index (χ1n) is 8.22. The topological polar surface area (TPSA) is 30.9 Å². The van der Waals surface area contributed by atoms with E-state index in [1.807, 2.05) is 12.1 Å². The highest BCUT2D eigenvalue weighted by atomic mass is 16.5. The van der Waals surface area contributed by atoms with E-state index in [0.717, 1.165) is 51.4 Å². The summed E-state index contributed by atoms with van der Waals surface area (Å²) in [5.41, 5.74) is 1.42. The smallest absolute Gasteiger partial charge is 0.123 e. The number of methoxy groups -OCH3 is 2. The number of hydrogen-bond acceptors (Lipinski definition) is 4. The first-order valence-corrected chi connectivity index (χ1v) is 8.22. The molecule has 2 aliphatic heterocycles. The number of nitrogens with zero attached hydrogens (tertiary/aromatic N) is 1. The Morgan fingerprint density at radius 1 is 1.32 bits per heavy atom. The van der Waals surface area contributed by atoms with E-state index in [1.54, 1.807) is 14.2 Å². The molecule has 0 radical (unpaired) electrons. The Morgan fingerprint density at radius 2 is 2.18 bits per heavy atom. The van der Waals surface area contributed by atoms with Crippen molar-refractivity contribution in [3.63, 3.8) is 0 Å². The van der Waals surface area contributed by atoms with Gasteiger partial charge in [0.25, 0.3) is 0 Å². The molecule has 2 heterocycles. The molecule has 3 rings (SSSR count). The van der Waals surface area contributed by atoms with Crippen molar-refractivity contribution in [2.24, 2.45) is 5.41 Å². The summed E-state index contributed by atoms with van der Waals surface area (Å²) >= 11 is 0. The minimum Gasteiger partial charge on any atom is -0.496 e. The minimum atomic E-state index is 0.160. The number of hydrogen-bond donors (Lipinski definition) is 0. The number of fused-ring (bicyclic) bond motifs is 1. The van der Waals surface area contributed by atoms with Crippen LogP contribution in [0.4, 0.5) is 0 Å². The molecule has 122 valence electrons. The Balaban J connectivity index is 1.73. The van der Waals surface area contributed by atoms with E-state index in [9.17, 15) is 0 Å². The van der Waals surface area contributed by atoms with Crippen LogP contribution in [0.2, 0.25) is 0 Å². The normalized spacial score (nSPS) is 29.1. The van der Waals surface area contributed by atoms with E-state index in [1.165, 1.54) is 12.0 Å². The van der Waals surface area contributed by atoms with Gasteiger partial charge in [-0.2, -0.15) is 0 Å². The van der Waals surface area contributed by atoms with Gasteiger partial charge in [-0.05, 0) is 25.3 Å². The molecular formula is C18H27NO3. The molecule has 0 aliphatic carbocycles. The van der Waals surface area contributed by atoms with Gasteiger partial charge in [-0.15, -0.1) is 0 Å². The Morgan fingerprint density at radius 3 is 3.00 bits per heavy atom. The van der Waals surface area contributed by atoms with Crippen LogP contribution >= 0.6 is 0 Å². The maximum atomic E-state index is 6.05. The van der Waals surface area contributed by atoms with E-state index in [2.05, 4.69) is 17.0 Å². The third kappa shape index (κ3) is 3.14. The second-order valence-electron chi connectivity index (χ2n) is 6.57. The predicted molar refractivity (Wildman–Crippen MR) is 86.2 cm³/mol. The van der Waals surface area contributed by atoms with Gasteiger partial charge in [0.1, 0.15) is 5.75 Å². The molecule has 1 aromatic rings. The SMILES string of the molecule is COC[C@@]12CCCO[C@@H]1CCN(Cc1ccccc1OC)C2. The maximum Gasteiger partial charge on any atom is 0.123 e. The van der Waals surface area contributed by atoms with Crippen molar-refractivity contribution in [3.8, 4) is 5.75 Å². The fraction of sp³-hybridized carbons (Fsp3) is 0.667. The summed E-state index contributed by atoms with van der Waals surface area (Å²) in [7, 11) is 3.55. The minimum absolute atomic E-state index is 0.160. The fourth-order valence-corrected chi connectivity index (χ4v) is 4.09. The zero-order valence-corrected chi connectivity index (χ0v) is 13.7. The van der Waals surface area contributed by atoms with Crippen molar-refractivity contribution in [2.75, 3.05) is 40.5 Å². The van der Waals surface area contributed by atoms with Crippen LogP contribution in [0.3, 0.4) is 0 Å². The molecule has 0 bridgehead atoms. The summed E-state index contributed by atoms with van der Waals surface area (Å²) in [6, 6.07) is 8.30. The summed E-state index contributed by atoms with van der Waals surface area (Å²) < 4.78 is 17.1. The summed E-state index contributed by atoms with van der Waals surface area (Å²) in [6.07, 6.45) is 3.80. The number of ether oxygens (including phenoxy) is 3. The van der Waals surface area contributed by atoms with E-state index >= 15 is 0 Å². The lowest BCUT2D eigenvalue weighted by molar-refractivity contribution is -0.149. The van der Waals surface area contributed by atoms with Crippen LogP contribution in [0.25, 0.3) is 0 Å². The third-order valence-corrected chi connectivity index (χ3v) is 5.09. The first kappa shape index (κ1) is 15.8. The van der Waals surface area contributed by atoms with Gasteiger partial charge in [0, 0.05) is 44.3 Å². The zero-order valence-electron chi connectivity index (χ0n) is 13.7. The van der Waals surface area contributed by atoms with Crippen LogP contribution in [0.1, 0.15) is 24.8 Å². The molecule has 0 amide bonds. The standard InChI is InChI=1S/C18H27NO3/c1-20-14-18-9-5-11-22-17(18)8-10-19(13-18)12-15-6-3-4-7-16(15)21-2/h3-4,6-7,17H,5,8-14H2,1-2H3/t17-,18+/m1/s1. The molecule has 1 aromatic carbocycles. The van der Waals surface area contributed by atoms with Gasteiger partial charge in [-0.3, -0.25) is 4.90 Å². The molecule has 2 aliphatic rings. The Labute approximate surface area is 133 Å². The van der Waals surface area contributed by atoms with Gasteiger partial charge in [-0.1, -0.05) is 18.2 Å². The second-order valence-corrected chi connectivity index (χ2v) is 6.57. The van der Waals surface area contributed by atoms with Gasteiger partial charge < -0.3 is 14.2 Å². The molecule has 2 fully saturated rings. The Hall–Kier alpha value is -1.10. The monoisotopic (exact) mass is 305 g/mol. The molecule has 0 saturated carbocycles. The molecule has 4 nitrogen and oxygen atoms in total. The highest BCUT2D eigenvalue weighted by Crippen LogP contribution is 2.41. The molecule has 2 saturated heterocycles. The molecule has 22 heavy (non-hydrogen) atoms. The van der Waals surface area contributed by atoms with Crippen LogP contribution in [-0.4, -0.2) is 51.5 Å². The Kier molecular flexibility index (Phi) is 5.01. The lowest BCUT2D eigenvalue weighted by Crippen LogP contribution is -2.56. The van der Waals surface area contributed by atoms with E-state index in [-0.39, 0.29) is 5.41 Å². The summed E-state index contributed by atoms with van der Waals surface area (Å²) in [4.78, 5) is 2.53. The lowest BCUT2D eigenvalue weighted by atomic mass is 9.73. The second kappa shape index (κ2) is 6.99. The number of piperidine rings is 1. The van der Waals surface area contributed by atoms with Crippen LogP contribution in [0.5, 0.6) is 5.75 Å². The maximum absolute atomic E-state index is 6.05. The highest BCUT2D eigenvalue weighted by Gasteiger charge is 2.45.